The van der Waals surface area contributed by atoms with E-state index in [0.717, 1.165) is 12.8 Å². The van der Waals surface area contributed by atoms with E-state index >= 15 is 0 Å². The Labute approximate surface area is 175 Å². The maximum absolute atomic E-state index is 12.2. The summed E-state index contributed by atoms with van der Waals surface area (Å²) in [4.78, 5) is 25.9. The number of carbonyl (C=O) groups excluding carboxylic acids is 2. The van der Waals surface area contributed by atoms with E-state index < -0.39 is 12.2 Å². The second kappa shape index (κ2) is 9.78. The number of hydrogen-bond donors (Lipinski definition) is 3. The normalized spacial score (nSPS) is 15.6. The summed E-state index contributed by atoms with van der Waals surface area (Å²) in [5.41, 5.74) is 7.24. The van der Waals surface area contributed by atoms with Gasteiger partial charge in [-0.25, -0.2) is 4.79 Å². The van der Waals surface area contributed by atoms with Crippen LogP contribution >= 0.6 is 0 Å². The van der Waals surface area contributed by atoms with Gasteiger partial charge in [0, 0.05) is 23.4 Å². The number of benzene rings is 2. The number of ether oxygens (including phenoxy) is 2. The third-order valence-corrected chi connectivity index (χ3v) is 4.71. The van der Waals surface area contributed by atoms with Crippen LogP contribution in [0.15, 0.2) is 48.5 Å². The van der Waals surface area contributed by atoms with Crippen molar-refractivity contribution in [3.63, 3.8) is 0 Å². The van der Waals surface area contributed by atoms with Crippen LogP contribution < -0.4 is 20.7 Å². The van der Waals surface area contributed by atoms with Gasteiger partial charge in [-0.15, -0.1) is 0 Å². The lowest BCUT2D eigenvalue weighted by Gasteiger charge is -2.14. The lowest BCUT2D eigenvalue weighted by molar-refractivity contribution is 0.0952. The molecule has 1 aliphatic heterocycles. The van der Waals surface area contributed by atoms with Crippen LogP contribution in [0.5, 0.6) is 5.75 Å². The molecule has 0 aromatic heterocycles. The number of nitrogen functional groups attached to an aromatic ring is 1. The summed E-state index contributed by atoms with van der Waals surface area (Å²) in [5.74, 6) is 0.373. The smallest absolute Gasteiger partial charge is 0.414 e. The second-order valence-corrected chi connectivity index (χ2v) is 7.03. The second-order valence-electron chi connectivity index (χ2n) is 7.03. The van der Waals surface area contributed by atoms with Crippen LogP contribution in [0.25, 0.3) is 0 Å². The summed E-state index contributed by atoms with van der Waals surface area (Å²) in [7, 11) is 0. The molecule has 2 aromatic carbocycles. The van der Waals surface area contributed by atoms with Crippen LogP contribution in [0.4, 0.5) is 10.5 Å². The molecule has 0 saturated carbocycles. The Morgan fingerprint density at radius 2 is 2.03 bits per heavy atom. The number of rotatable bonds is 9. The van der Waals surface area contributed by atoms with Crippen molar-refractivity contribution in [2.75, 3.05) is 24.6 Å². The molecule has 0 spiro atoms. The maximum Gasteiger partial charge on any atom is 0.414 e. The molecule has 158 valence electrons. The van der Waals surface area contributed by atoms with Crippen LogP contribution in [-0.2, 0) is 4.74 Å². The standard InChI is InChI=1S/C22H26N4O4/c1-2-3-11-25-21(27)16-5-4-6-18(12-16)29-14-19-13-26(22(28)30-19)17-9-7-15(8-10-17)20(23)24/h4-10,12,19H,2-3,11,13-14H2,1H3,(H3,23,24)(H,25,27). The fourth-order valence-corrected chi connectivity index (χ4v) is 3.04. The Hall–Kier alpha value is -3.55. The summed E-state index contributed by atoms with van der Waals surface area (Å²) >= 11 is 0. The SMILES string of the molecule is CCCCNC(=O)c1cccc(OCC2CN(c3ccc(C(=N)N)cc3)C(=O)O2)c1. The number of amidine groups is 1. The first-order valence-corrected chi connectivity index (χ1v) is 9.91. The van der Waals surface area contributed by atoms with Crippen molar-refractivity contribution in [3.05, 3.63) is 59.7 Å². The number of anilines is 1. The quantitative estimate of drug-likeness (QED) is 0.334. The average molecular weight is 410 g/mol. The van der Waals surface area contributed by atoms with Gasteiger partial charge in [0.2, 0.25) is 0 Å². The van der Waals surface area contributed by atoms with Crippen molar-refractivity contribution in [1.29, 1.82) is 5.41 Å². The Bertz CT molecular complexity index is 914. The predicted octanol–water partition coefficient (Wildman–Crippen LogP) is 2.90. The van der Waals surface area contributed by atoms with Crippen LogP contribution in [0, 0.1) is 5.41 Å². The fraction of sp³-hybridized carbons (Fsp3) is 0.318. The van der Waals surface area contributed by atoms with Gasteiger partial charge in [-0.1, -0.05) is 19.4 Å². The Morgan fingerprint density at radius 3 is 2.73 bits per heavy atom. The number of nitrogens with one attached hydrogen (secondary N) is 2. The lowest BCUT2D eigenvalue weighted by atomic mass is 10.2. The van der Waals surface area contributed by atoms with Crippen molar-refractivity contribution in [2.24, 2.45) is 5.73 Å². The van der Waals surface area contributed by atoms with Crippen LogP contribution in [0.2, 0.25) is 0 Å². The number of nitrogens with zero attached hydrogens (tertiary/aromatic N) is 1. The molecular weight excluding hydrogens is 384 g/mol. The summed E-state index contributed by atoms with van der Waals surface area (Å²) in [6.07, 6.45) is 1.06. The number of hydrogen-bond acceptors (Lipinski definition) is 5. The number of unbranched alkanes of at least 4 members (excludes halogenated alkanes) is 1. The minimum absolute atomic E-state index is 0.0295. The topological polar surface area (TPSA) is 118 Å². The van der Waals surface area contributed by atoms with Crippen molar-refractivity contribution in [2.45, 2.75) is 25.9 Å². The number of nitrogens with two attached hydrogens (primary N) is 1. The minimum Gasteiger partial charge on any atom is -0.490 e. The lowest BCUT2D eigenvalue weighted by Crippen LogP contribution is -2.27. The highest BCUT2D eigenvalue weighted by Gasteiger charge is 2.32. The molecule has 1 fully saturated rings. The van der Waals surface area contributed by atoms with Gasteiger partial charge >= 0.3 is 6.09 Å². The molecule has 1 unspecified atom stereocenters. The van der Waals surface area contributed by atoms with Gasteiger partial charge in [-0.3, -0.25) is 15.1 Å². The van der Waals surface area contributed by atoms with Crippen molar-refractivity contribution >= 4 is 23.5 Å². The highest BCUT2D eigenvalue weighted by Crippen LogP contribution is 2.23. The zero-order valence-electron chi connectivity index (χ0n) is 16.9. The minimum atomic E-state index is -0.455. The number of carbonyl (C=O) groups is 2. The summed E-state index contributed by atoms with van der Waals surface area (Å²) in [5, 5.41) is 10.3. The maximum atomic E-state index is 12.2. The van der Waals surface area contributed by atoms with Gasteiger partial charge in [0.05, 0.1) is 6.54 Å². The summed E-state index contributed by atoms with van der Waals surface area (Å²) in [6, 6.07) is 13.7. The van der Waals surface area contributed by atoms with Gasteiger partial charge in [-0.2, -0.15) is 0 Å². The molecule has 1 aliphatic rings. The zero-order valence-corrected chi connectivity index (χ0v) is 16.9. The van der Waals surface area contributed by atoms with E-state index in [1.54, 1.807) is 48.5 Å². The first kappa shape index (κ1) is 21.2. The van der Waals surface area contributed by atoms with E-state index in [4.69, 9.17) is 20.6 Å². The van der Waals surface area contributed by atoms with Crippen molar-refractivity contribution in [1.82, 2.24) is 5.32 Å². The Kier molecular flexibility index (Phi) is 6.90. The molecule has 0 radical (unpaired) electrons. The van der Waals surface area contributed by atoms with Gasteiger partial charge in [0.25, 0.3) is 5.91 Å². The third kappa shape index (κ3) is 5.28. The molecule has 0 bridgehead atoms. The number of cyclic esters (lactones) is 1. The number of amides is 2. The highest BCUT2D eigenvalue weighted by atomic mass is 16.6. The van der Waals surface area contributed by atoms with E-state index in [1.165, 1.54) is 4.90 Å². The van der Waals surface area contributed by atoms with E-state index in [2.05, 4.69) is 12.2 Å². The first-order chi connectivity index (χ1) is 14.5. The van der Waals surface area contributed by atoms with E-state index in [-0.39, 0.29) is 18.3 Å². The molecule has 0 aliphatic carbocycles. The van der Waals surface area contributed by atoms with E-state index in [0.29, 0.717) is 35.7 Å². The monoisotopic (exact) mass is 410 g/mol. The van der Waals surface area contributed by atoms with Gasteiger partial charge in [0.15, 0.2) is 6.10 Å². The molecular formula is C22H26N4O4. The van der Waals surface area contributed by atoms with Gasteiger partial charge in [-0.05, 0) is 48.9 Å². The summed E-state index contributed by atoms with van der Waals surface area (Å²) in [6.45, 7) is 3.23. The molecule has 2 amide bonds. The predicted molar refractivity (Wildman–Crippen MR) is 114 cm³/mol. The van der Waals surface area contributed by atoms with Crippen molar-refractivity contribution < 1.29 is 19.1 Å². The fourth-order valence-electron chi connectivity index (χ4n) is 3.04. The van der Waals surface area contributed by atoms with E-state index in [1.807, 2.05) is 0 Å². The van der Waals surface area contributed by atoms with Gasteiger partial charge in [0.1, 0.15) is 18.2 Å². The third-order valence-electron chi connectivity index (χ3n) is 4.71. The highest BCUT2D eigenvalue weighted by molar-refractivity contribution is 5.96. The van der Waals surface area contributed by atoms with Gasteiger partial charge < -0.3 is 20.5 Å². The summed E-state index contributed by atoms with van der Waals surface area (Å²) < 4.78 is 11.1. The molecule has 1 heterocycles. The molecule has 1 atom stereocenters. The zero-order chi connectivity index (χ0) is 21.5. The molecule has 30 heavy (non-hydrogen) atoms. The molecule has 4 N–H and O–H groups in total. The van der Waals surface area contributed by atoms with Crippen LogP contribution in [-0.4, -0.2) is 43.6 Å². The molecule has 2 aromatic rings. The van der Waals surface area contributed by atoms with Crippen LogP contribution in [0.1, 0.15) is 35.7 Å². The van der Waals surface area contributed by atoms with Crippen molar-refractivity contribution in [3.8, 4) is 5.75 Å². The average Bonchev–Trinajstić information content (AvgIpc) is 3.13. The molecule has 8 nitrogen and oxygen atoms in total. The largest absolute Gasteiger partial charge is 0.490 e. The molecule has 3 rings (SSSR count). The molecule has 8 heteroatoms. The molecule has 1 saturated heterocycles. The Morgan fingerprint density at radius 1 is 1.27 bits per heavy atom. The van der Waals surface area contributed by atoms with E-state index in [9.17, 15) is 9.59 Å². The Balaban J connectivity index is 1.55. The first-order valence-electron chi connectivity index (χ1n) is 9.91. The van der Waals surface area contributed by atoms with Crippen LogP contribution in [0.3, 0.4) is 0 Å².